The molecule has 0 aliphatic carbocycles. The number of piperidine rings is 1. The highest BCUT2D eigenvalue weighted by molar-refractivity contribution is 5.87. The van der Waals surface area contributed by atoms with Gasteiger partial charge in [-0.1, -0.05) is 0 Å². The Labute approximate surface area is 137 Å². The van der Waals surface area contributed by atoms with Crippen molar-refractivity contribution >= 4 is 12.0 Å². The second-order valence-corrected chi connectivity index (χ2v) is 5.17. The van der Waals surface area contributed by atoms with Gasteiger partial charge in [0.2, 0.25) is 0 Å². The molecular weight excluding hydrogens is 319 g/mol. The molecule has 0 aromatic carbocycles. The highest BCUT2D eigenvalue weighted by Gasteiger charge is 2.33. The molecular formula is C15H17FN4O4. The summed E-state index contributed by atoms with van der Waals surface area (Å²) >= 11 is 0. The summed E-state index contributed by atoms with van der Waals surface area (Å²) < 4.78 is 30.0. The third-order valence-electron chi connectivity index (χ3n) is 3.53. The van der Waals surface area contributed by atoms with E-state index in [1.54, 1.807) is 17.9 Å². The maximum absolute atomic E-state index is 14.4. The second-order valence-electron chi connectivity index (χ2n) is 5.17. The molecule has 8 nitrogen and oxygen atoms in total. The molecule has 1 aliphatic heterocycles. The highest BCUT2D eigenvalue weighted by Crippen LogP contribution is 2.23. The summed E-state index contributed by atoms with van der Waals surface area (Å²) in [6.07, 6.45) is 2.80. The lowest BCUT2D eigenvalue weighted by molar-refractivity contribution is 0.0519. The summed E-state index contributed by atoms with van der Waals surface area (Å²) in [6, 6.07) is 2.00. The van der Waals surface area contributed by atoms with Crippen LogP contribution in [0.4, 0.5) is 10.4 Å². The van der Waals surface area contributed by atoms with Gasteiger partial charge in [-0.2, -0.15) is 4.98 Å². The number of halogens is 1. The third-order valence-corrected chi connectivity index (χ3v) is 3.53. The van der Waals surface area contributed by atoms with Crippen LogP contribution in [0.25, 0.3) is 0 Å². The minimum Gasteiger partial charge on any atom is -0.461 e. The molecule has 3 heterocycles. The Kier molecular flexibility index (Phi) is 4.88. The third kappa shape index (κ3) is 3.61. The smallest absolute Gasteiger partial charge is 0.360 e. The molecule has 3 rings (SSSR count). The monoisotopic (exact) mass is 336 g/mol. The van der Waals surface area contributed by atoms with Crippen molar-refractivity contribution in [3.63, 3.8) is 0 Å². The summed E-state index contributed by atoms with van der Waals surface area (Å²) in [6.45, 7) is 2.46. The second kappa shape index (κ2) is 7.24. The maximum Gasteiger partial charge on any atom is 0.360 e. The van der Waals surface area contributed by atoms with Gasteiger partial charge in [0, 0.05) is 25.4 Å². The van der Waals surface area contributed by atoms with Gasteiger partial charge in [-0.3, -0.25) is 0 Å². The fourth-order valence-corrected chi connectivity index (χ4v) is 2.38. The van der Waals surface area contributed by atoms with E-state index < -0.39 is 18.2 Å². The van der Waals surface area contributed by atoms with Crippen LogP contribution in [0.3, 0.4) is 0 Å². The van der Waals surface area contributed by atoms with Crippen LogP contribution >= 0.6 is 0 Å². The molecule has 0 unspecified atom stereocenters. The molecule has 2 aromatic heterocycles. The predicted molar refractivity (Wildman–Crippen MR) is 80.6 cm³/mol. The number of carbonyl (C=O) groups is 1. The minimum atomic E-state index is -1.26. The van der Waals surface area contributed by atoms with Crippen molar-refractivity contribution in [1.82, 2.24) is 15.0 Å². The molecule has 0 N–H and O–H groups in total. The van der Waals surface area contributed by atoms with Crippen LogP contribution in [0.1, 0.15) is 23.8 Å². The largest absolute Gasteiger partial charge is 0.461 e. The number of anilines is 1. The molecule has 24 heavy (non-hydrogen) atoms. The number of hydrogen-bond donors (Lipinski definition) is 0. The van der Waals surface area contributed by atoms with Crippen LogP contribution < -0.4 is 9.64 Å². The Morgan fingerprint density at radius 3 is 2.96 bits per heavy atom. The normalized spacial score (nSPS) is 20.7. The predicted octanol–water partition coefficient (Wildman–Crippen LogP) is 1.64. The van der Waals surface area contributed by atoms with Crippen molar-refractivity contribution in [2.24, 2.45) is 0 Å². The summed E-state index contributed by atoms with van der Waals surface area (Å²) in [5, 5.41) is 0. The number of ether oxygens (including phenoxy) is 2. The van der Waals surface area contributed by atoms with Gasteiger partial charge in [0.15, 0.2) is 11.9 Å². The van der Waals surface area contributed by atoms with Crippen molar-refractivity contribution in [3.8, 4) is 6.01 Å². The molecule has 2 aromatic rings. The molecule has 1 aliphatic rings. The first-order chi connectivity index (χ1) is 11.7. The van der Waals surface area contributed by atoms with E-state index >= 15 is 0 Å². The molecule has 0 spiro atoms. The van der Waals surface area contributed by atoms with Crippen LogP contribution in [0.15, 0.2) is 29.1 Å². The summed E-state index contributed by atoms with van der Waals surface area (Å²) in [4.78, 5) is 25.1. The zero-order valence-electron chi connectivity index (χ0n) is 13.1. The van der Waals surface area contributed by atoms with Gasteiger partial charge in [0.05, 0.1) is 13.2 Å². The molecule has 1 saturated heterocycles. The Balaban J connectivity index is 1.60. The van der Waals surface area contributed by atoms with E-state index in [4.69, 9.17) is 13.9 Å². The lowest BCUT2D eigenvalue weighted by Gasteiger charge is -2.33. The van der Waals surface area contributed by atoms with E-state index in [2.05, 4.69) is 15.0 Å². The maximum atomic E-state index is 14.4. The molecule has 0 saturated carbocycles. The average Bonchev–Trinajstić information content (AvgIpc) is 3.08. The lowest BCUT2D eigenvalue weighted by Crippen LogP contribution is -2.47. The first-order valence-corrected chi connectivity index (χ1v) is 7.62. The Hall–Kier alpha value is -2.71. The van der Waals surface area contributed by atoms with E-state index in [-0.39, 0.29) is 30.9 Å². The quantitative estimate of drug-likeness (QED) is 0.761. The fourth-order valence-electron chi connectivity index (χ4n) is 2.38. The number of aromatic nitrogens is 3. The molecule has 0 radical (unpaired) electrons. The number of carbonyl (C=O) groups excluding carboxylic acids is 1. The number of esters is 1. The topological polar surface area (TPSA) is 90.6 Å². The van der Waals surface area contributed by atoms with E-state index in [9.17, 15) is 9.18 Å². The standard InChI is InChI=1S/C15H17FN4O4/c1-2-22-13(21)11-9-23-15(19-11)20-7-4-12(10(16)8-20)24-14-17-5-3-6-18-14/h3,5-6,9-10,12H,2,4,7-8H2,1H3/t10-,12+/m1/s1. The van der Waals surface area contributed by atoms with Gasteiger partial charge in [-0.25, -0.2) is 19.2 Å². The number of hydrogen-bond acceptors (Lipinski definition) is 8. The average molecular weight is 336 g/mol. The minimum absolute atomic E-state index is 0.0419. The molecule has 1 fully saturated rings. The van der Waals surface area contributed by atoms with Crippen molar-refractivity contribution in [1.29, 1.82) is 0 Å². The van der Waals surface area contributed by atoms with Gasteiger partial charge in [-0.15, -0.1) is 0 Å². The summed E-state index contributed by atoms with van der Waals surface area (Å²) in [5.74, 6) is -0.566. The van der Waals surface area contributed by atoms with Crippen molar-refractivity contribution in [3.05, 3.63) is 30.4 Å². The highest BCUT2D eigenvalue weighted by atomic mass is 19.1. The Bertz CT molecular complexity index is 681. The van der Waals surface area contributed by atoms with Gasteiger partial charge >= 0.3 is 12.0 Å². The Morgan fingerprint density at radius 2 is 2.25 bits per heavy atom. The van der Waals surface area contributed by atoms with Crippen LogP contribution in [-0.2, 0) is 4.74 Å². The van der Waals surface area contributed by atoms with Crippen molar-refractivity contribution in [2.75, 3.05) is 24.6 Å². The van der Waals surface area contributed by atoms with E-state index in [1.807, 2.05) is 0 Å². The summed E-state index contributed by atoms with van der Waals surface area (Å²) in [7, 11) is 0. The molecule has 0 bridgehead atoms. The first kappa shape index (κ1) is 16.2. The zero-order valence-corrected chi connectivity index (χ0v) is 13.1. The van der Waals surface area contributed by atoms with Crippen LogP contribution in [0.2, 0.25) is 0 Å². The van der Waals surface area contributed by atoms with E-state index in [1.165, 1.54) is 18.7 Å². The number of alkyl halides is 1. The SMILES string of the molecule is CCOC(=O)c1coc(N2CC[C@H](Oc3ncccn3)[C@H](F)C2)n1. The van der Waals surface area contributed by atoms with Gasteiger partial charge < -0.3 is 18.8 Å². The summed E-state index contributed by atoms with van der Waals surface area (Å²) in [5.41, 5.74) is 0.0679. The molecule has 2 atom stereocenters. The fraction of sp³-hybridized carbons (Fsp3) is 0.467. The number of nitrogens with zero attached hydrogens (tertiary/aromatic N) is 4. The van der Waals surface area contributed by atoms with E-state index in [0.717, 1.165) is 0 Å². The molecule has 128 valence electrons. The van der Waals surface area contributed by atoms with Crippen LogP contribution in [0.5, 0.6) is 6.01 Å². The Morgan fingerprint density at radius 1 is 1.46 bits per heavy atom. The molecule has 9 heteroatoms. The first-order valence-electron chi connectivity index (χ1n) is 7.62. The van der Waals surface area contributed by atoms with E-state index in [0.29, 0.717) is 13.0 Å². The number of oxazole rings is 1. The zero-order chi connectivity index (χ0) is 16.9. The number of rotatable bonds is 5. The van der Waals surface area contributed by atoms with Crippen molar-refractivity contribution < 1.29 is 23.1 Å². The van der Waals surface area contributed by atoms with Crippen LogP contribution in [0, 0.1) is 0 Å². The van der Waals surface area contributed by atoms with Crippen LogP contribution in [-0.4, -0.2) is 52.9 Å². The van der Waals surface area contributed by atoms with Crippen molar-refractivity contribution in [2.45, 2.75) is 25.6 Å². The van der Waals surface area contributed by atoms with Gasteiger partial charge in [0.25, 0.3) is 6.01 Å². The lowest BCUT2D eigenvalue weighted by atomic mass is 10.1. The van der Waals surface area contributed by atoms with Gasteiger partial charge in [0.1, 0.15) is 12.4 Å². The van der Waals surface area contributed by atoms with Gasteiger partial charge in [-0.05, 0) is 13.0 Å². The molecule has 0 amide bonds.